The summed E-state index contributed by atoms with van der Waals surface area (Å²) in [4.78, 5) is 16.7. The van der Waals surface area contributed by atoms with Crippen LogP contribution in [0.25, 0.3) is 0 Å². The summed E-state index contributed by atoms with van der Waals surface area (Å²) in [5.41, 5.74) is 6.21. The van der Waals surface area contributed by atoms with Crippen molar-refractivity contribution in [2.45, 2.75) is 18.6 Å². The second kappa shape index (κ2) is 7.25. The van der Waals surface area contributed by atoms with Gasteiger partial charge in [-0.2, -0.15) is 0 Å². The lowest BCUT2D eigenvalue weighted by atomic mass is 9.88. The SMILES string of the molecule is C#CC(C1CCNCC1F)N(OC)c1cccc(C(N)=O)c1. The highest BCUT2D eigenvalue weighted by Gasteiger charge is 2.35. The van der Waals surface area contributed by atoms with E-state index in [9.17, 15) is 9.18 Å². The Kier molecular flexibility index (Phi) is 5.36. The highest BCUT2D eigenvalue weighted by Crippen LogP contribution is 2.28. The number of rotatable bonds is 5. The molecule has 1 aromatic rings. The van der Waals surface area contributed by atoms with Gasteiger partial charge in [-0.05, 0) is 31.2 Å². The molecule has 6 heteroatoms. The summed E-state index contributed by atoms with van der Waals surface area (Å²) in [7, 11) is 1.47. The zero-order valence-corrected chi connectivity index (χ0v) is 12.5. The van der Waals surface area contributed by atoms with Crippen LogP contribution in [0.5, 0.6) is 0 Å². The van der Waals surface area contributed by atoms with Crippen LogP contribution >= 0.6 is 0 Å². The number of nitrogens with one attached hydrogen (secondary N) is 1. The van der Waals surface area contributed by atoms with Crippen molar-refractivity contribution in [3.63, 3.8) is 0 Å². The predicted molar refractivity (Wildman–Crippen MR) is 82.9 cm³/mol. The first-order valence-corrected chi connectivity index (χ1v) is 7.12. The fourth-order valence-electron chi connectivity index (χ4n) is 2.74. The van der Waals surface area contributed by atoms with Crippen molar-refractivity contribution in [1.29, 1.82) is 0 Å². The molecule has 5 nitrogen and oxygen atoms in total. The van der Waals surface area contributed by atoms with Crippen LogP contribution in [0.4, 0.5) is 10.1 Å². The first-order valence-electron chi connectivity index (χ1n) is 7.12. The largest absolute Gasteiger partial charge is 0.366 e. The second-order valence-electron chi connectivity index (χ2n) is 5.21. The minimum Gasteiger partial charge on any atom is -0.366 e. The molecule has 0 radical (unpaired) electrons. The number of alkyl halides is 1. The summed E-state index contributed by atoms with van der Waals surface area (Å²) in [5, 5.41) is 4.47. The second-order valence-corrected chi connectivity index (χ2v) is 5.21. The van der Waals surface area contributed by atoms with Crippen LogP contribution in [0, 0.1) is 18.3 Å². The van der Waals surface area contributed by atoms with E-state index in [2.05, 4.69) is 11.2 Å². The first-order chi connectivity index (χ1) is 10.6. The van der Waals surface area contributed by atoms with E-state index in [1.54, 1.807) is 24.3 Å². The van der Waals surface area contributed by atoms with Crippen LogP contribution in [0.1, 0.15) is 16.8 Å². The number of nitrogens with zero attached hydrogens (tertiary/aromatic N) is 1. The molecule has 0 saturated carbocycles. The van der Waals surface area contributed by atoms with Crippen molar-refractivity contribution in [2.75, 3.05) is 25.3 Å². The monoisotopic (exact) mass is 305 g/mol. The molecule has 22 heavy (non-hydrogen) atoms. The molecule has 0 spiro atoms. The molecule has 3 atom stereocenters. The molecule has 3 N–H and O–H groups in total. The molecule has 1 heterocycles. The molecule has 1 fully saturated rings. The van der Waals surface area contributed by atoms with E-state index in [0.717, 1.165) is 0 Å². The maximum atomic E-state index is 14.2. The Morgan fingerprint density at radius 3 is 3.00 bits per heavy atom. The number of hydroxylamine groups is 1. The highest BCUT2D eigenvalue weighted by atomic mass is 19.1. The van der Waals surface area contributed by atoms with Crippen LogP contribution < -0.4 is 16.1 Å². The van der Waals surface area contributed by atoms with E-state index in [1.807, 2.05) is 0 Å². The van der Waals surface area contributed by atoms with Crippen molar-refractivity contribution in [3.05, 3.63) is 29.8 Å². The lowest BCUT2D eigenvalue weighted by molar-refractivity contribution is 0.0931. The van der Waals surface area contributed by atoms with Gasteiger partial charge in [-0.25, -0.2) is 9.45 Å². The van der Waals surface area contributed by atoms with Crippen LogP contribution in [-0.2, 0) is 4.84 Å². The number of piperidine rings is 1. The van der Waals surface area contributed by atoms with E-state index in [-0.39, 0.29) is 12.5 Å². The Balaban J connectivity index is 2.30. The maximum Gasteiger partial charge on any atom is 0.248 e. The molecule has 0 aliphatic carbocycles. The number of amides is 1. The molecule has 1 aliphatic rings. The van der Waals surface area contributed by atoms with Gasteiger partial charge in [0.05, 0.1) is 12.8 Å². The van der Waals surface area contributed by atoms with Gasteiger partial charge >= 0.3 is 0 Å². The number of benzene rings is 1. The van der Waals surface area contributed by atoms with Gasteiger partial charge in [0, 0.05) is 18.0 Å². The van der Waals surface area contributed by atoms with Gasteiger partial charge in [-0.3, -0.25) is 9.63 Å². The highest BCUT2D eigenvalue weighted by molar-refractivity contribution is 5.93. The standard InChI is InChI=1S/C16H20FN3O2/c1-3-15(13-7-8-19-10-14(13)17)20(22-2)12-6-4-5-11(9-12)16(18)21/h1,4-6,9,13-15,19H,7-8,10H2,2H3,(H2,18,21). The molecule has 0 bridgehead atoms. The van der Waals surface area contributed by atoms with Crippen molar-refractivity contribution in [2.24, 2.45) is 11.7 Å². The molecule has 0 aromatic heterocycles. The van der Waals surface area contributed by atoms with E-state index in [4.69, 9.17) is 17.0 Å². The normalized spacial score (nSPS) is 22.6. The van der Waals surface area contributed by atoms with Crippen LogP contribution in [0.15, 0.2) is 24.3 Å². The van der Waals surface area contributed by atoms with Crippen LogP contribution in [0.3, 0.4) is 0 Å². The maximum absolute atomic E-state index is 14.2. The Hall–Kier alpha value is -2.10. The molecule has 1 aliphatic heterocycles. The molecular weight excluding hydrogens is 285 g/mol. The minimum absolute atomic E-state index is 0.279. The van der Waals surface area contributed by atoms with E-state index in [0.29, 0.717) is 24.2 Å². The van der Waals surface area contributed by atoms with Gasteiger partial charge in [-0.1, -0.05) is 12.0 Å². The Labute approximate surface area is 129 Å². The summed E-state index contributed by atoms with van der Waals surface area (Å²) < 4.78 is 14.2. The van der Waals surface area contributed by atoms with Gasteiger partial charge in [-0.15, -0.1) is 6.42 Å². The Bertz CT molecular complexity index is 573. The van der Waals surface area contributed by atoms with Crippen LogP contribution in [-0.4, -0.2) is 38.3 Å². The number of primary amides is 1. The molecular formula is C16H20FN3O2. The van der Waals surface area contributed by atoms with Crippen molar-refractivity contribution in [1.82, 2.24) is 5.32 Å². The summed E-state index contributed by atoms with van der Waals surface area (Å²) >= 11 is 0. The van der Waals surface area contributed by atoms with Gasteiger partial charge < -0.3 is 11.1 Å². The molecule has 1 amide bonds. The summed E-state index contributed by atoms with van der Waals surface area (Å²) in [6, 6.07) is 6.06. The summed E-state index contributed by atoms with van der Waals surface area (Å²) in [6.45, 7) is 0.990. The van der Waals surface area contributed by atoms with Crippen molar-refractivity contribution in [3.8, 4) is 12.3 Å². The minimum atomic E-state index is -1.05. The topological polar surface area (TPSA) is 67.6 Å². The number of anilines is 1. The first kappa shape index (κ1) is 16.3. The summed E-state index contributed by atoms with van der Waals surface area (Å²) in [6.07, 6.45) is 5.19. The molecule has 2 rings (SSSR count). The fraction of sp³-hybridized carbons (Fsp3) is 0.438. The lowest BCUT2D eigenvalue weighted by Gasteiger charge is -2.37. The van der Waals surface area contributed by atoms with Crippen LogP contribution in [0.2, 0.25) is 0 Å². The smallest absolute Gasteiger partial charge is 0.248 e. The van der Waals surface area contributed by atoms with E-state index in [1.165, 1.54) is 12.2 Å². The van der Waals surface area contributed by atoms with Crippen molar-refractivity contribution >= 4 is 11.6 Å². The van der Waals surface area contributed by atoms with Crippen molar-refractivity contribution < 1.29 is 14.0 Å². The number of halogens is 1. The molecule has 3 unspecified atom stereocenters. The van der Waals surface area contributed by atoms with E-state index < -0.39 is 18.1 Å². The number of nitrogens with two attached hydrogens (primary N) is 1. The third kappa shape index (κ3) is 3.38. The Morgan fingerprint density at radius 2 is 2.41 bits per heavy atom. The predicted octanol–water partition coefficient (Wildman–Crippen LogP) is 1.10. The van der Waals surface area contributed by atoms with E-state index >= 15 is 0 Å². The molecule has 1 aromatic carbocycles. The molecule has 1 saturated heterocycles. The summed E-state index contributed by atoms with van der Waals surface area (Å²) in [5.74, 6) is 1.73. The third-order valence-corrected chi connectivity index (χ3v) is 3.87. The number of terminal acetylenes is 1. The van der Waals surface area contributed by atoms with Gasteiger partial charge in [0.2, 0.25) is 5.91 Å². The number of carbonyl (C=O) groups is 1. The number of carbonyl (C=O) groups excluding carboxylic acids is 1. The zero-order valence-electron chi connectivity index (χ0n) is 12.5. The number of hydrogen-bond acceptors (Lipinski definition) is 4. The lowest BCUT2D eigenvalue weighted by Crippen LogP contribution is -2.49. The number of hydrogen-bond donors (Lipinski definition) is 2. The van der Waals surface area contributed by atoms with Gasteiger partial charge in [0.15, 0.2) is 0 Å². The molecule has 118 valence electrons. The fourth-order valence-corrected chi connectivity index (χ4v) is 2.74. The quantitative estimate of drug-likeness (QED) is 0.631. The average molecular weight is 305 g/mol. The van der Waals surface area contributed by atoms with Gasteiger partial charge in [0.1, 0.15) is 12.2 Å². The Morgan fingerprint density at radius 1 is 1.64 bits per heavy atom. The third-order valence-electron chi connectivity index (χ3n) is 3.87. The average Bonchev–Trinajstić information content (AvgIpc) is 2.53. The van der Waals surface area contributed by atoms with Gasteiger partial charge in [0.25, 0.3) is 0 Å². The zero-order chi connectivity index (χ0) is 16.1.